The smallest absolute Gasteiger partial charge is 0.140 e. The number of hydrogen-bond donors (Lipinski definition) is 3. The fourth-order valence-electron chi connectivity index (χ4n) is 4.20. The quantitative estimate of drug-likeness (QED) is 0.651. The summed E-state index contributed by atoms with van der Waals surface area (Å²) < 4.78 is 5.47. The third-order valence-electron chi connectivity index (χ3n) is 5.77. The SMILES string of the molecule is c1cc2c(-c3ccc(N4CCOCC4)cc3)cc(NC3CCNCC3)nc2[nH]1. The molecule has 0 bridgehead atoms. The van der Waals surface area contributed by atoms with Gasteiger partial charge in [-0.15, -0.1) is 0 Å². The van der Waals surface area contributed by atoms with E-state index in [0.717, 1.165) is 69.1 Å². The second kappa shape index (κ2) is 7.81. The number of benzene rings is 1. The zero-order chi connectivity index (χ0) is 18.8. The molecule has 4 heterocycles. The second-order valence-corrected chi connectivity index (χ2v) is 7.61. The molecule has 6 heteroatoms. The van der Waals surface area contributed by atoms with Crippen LogP contribution in [0.2, 0.25) is 0 Å². The highest BCUT2D eigenvalue weighted by Crippen LogP contribution is 2.31. The topological polar surface area (TPSA) is 65.2 Å². The molecule has 2 aromatic heterocycles. The summed E-state index contributed by atoms with van der Waals surface area (Å²) in [5, 5.41) is 8.22. The van der Waals surface area contributed by atoms with Crippen LogP contribution in [0.1, 0.15) is 12.8 Å². The van der Waals surface area contributed by atoms with Crippen molar-refractivity contribution in [3.8, 4) is 11.1 Å². The molecular formula is C22H27N5O. The molecule has 146 valence electrons. The van der Waals surface area contributed by atoms with Crippen LogP contribution in [0, 0.1) is 0 Å². The van der Waals surface area contributed by atoms with Gasteiger partial charge < -0.3 is 25.3 Å². The first-order chi connectivity index (χ1) is 13.9. The molecule has 0 atom stereocenters. The van der Waals surface area contributed by atoms with Crippen molar-refractivity contribution < 1.29 is 4.74 Å². The number of H-pyrrole nitrogens is 1. The number of morpholine rings is 1. The van der Waals surface area contributed by atoms with E-state index in [-0.39, 0.29) is 0 Å². The molecule has 0 radical (unpaired) electrons. The second-order valence-electron chi connectivity index (χ2n) is 7.61. The average Bonchev–Trinajstić information content (AvgIpc) is 3.23. The number of rotatable bonds is 4. The Morgan fingerprint density at radius 2 is 1.82 bits per heavy atom. The molecule has 0 amide bonds. The van der Waals surface area contributed by atoms with Crippen LogP contribution < -0.4 is 15.5 Å². The minimum atomic E-state index is 0.484. The van der Waals surface area contributed by atoms with E-state index in [1.54, 1.807) is 0 Å². The van der Waals surface area contributed by atoms with E-state index in [1.165, 1.54) is 16.8 Å². The Balaban J connectivity index is 1.44. The maximum Gasteiger partial charge on any atom is 0.140 e. The van der Waals surface area contributed by atoms with E-state index in [0.29, 0.717) is 6.04 Å². The van der Waals surface area contributed by atoms with Crippen LogP contribution in [0.25, 0.3) is 22.2 Å². The molecule has 5 rings (SSSR count). The van der Waals surface area contributed by atoms with Gasteiger partial charge in [-0.25, -0.2) is 4.98 Å². The summed E-state index contributed by atoms with van der Waals surface area (Å²) in [6.45, 7) is 5.67. The van der Waals surface area contributed by atoms with Crippen LogP contribution in [-0.2, 0) is 4.74 Å². The molecular weight excluding hydrogens is 350 g/mol. The van der Waals surface area contributed by atoms with Gasteiger partial charge in [-0.2, -0.15) is 0 Å². The minimum absolute atomic E-state index is 0.484. The molecule has 6 nitrogen and oxygen atoms in total. The summed E-state index contributed by atoms with van der Waals surface area (Å²) in [4.78, 5) is 10.5. The van der Waals surface area contributed by atoms with E-state index in [4.69, 9.17) is 9.72 Å². The first-order valence-electron chi connectivity index (χ1n) is 10.3. The Morgan fingerprint density at radius 3 is 2.61 bits per heavy atom. The number of hydrogen-bond acceptors (Lipinski definition) is 5. The summed E-state index contributed by atoms with van der Waals surface area (Å²) in [5.41, 5.74) is 4.64. The van der Waals surface area contributed by atoms with Crippen molar-refractivity contribution in [1.82, 2.24) is 15.3 Å². The van der Waals surface area contributed by atoms with E-state index in [1.807, 2.05) is 6.20 Å². The Kier molecular flexibility index (Phi) is 4.89. The van der Waals surface area contributed by atoms with Crippen molar-refractivity contribution in [2.24, 2.45) is 0 Å². The predicted molar refractivity (Wildman–Crippen MR) is 114 cm³/mol. The van der Waals surface area contributed by atoms with E-state index < -0.39 is 0 Å². The number of aromatic nitrogens is 2. The zero-order valence-corrected chi connectivity index (χ0v) is 16.1. The standard InChI is InChI=1S/C22H27N5O/c1-3-18(27-11-13-28-14-12-27)4-2-16(1)20-15-21(25-17-5-8-23-9-6-17)26-22-19(20)7-10-24-22/h1-4,7,10,15,17,23H,5-6,8-9,11-14H2,(H2,24,25,26). The Morgan fingerprint density at radius 1 is 1.04 bits per heavy atom. The zero-order valence-electron chi connectivity index (χ0n) is 16.1. The first-order valence-corrected chi connectivity index (χ1v) is 10.3. The lowest BCUT2D eigenvalue weighted by molar-refractivity contribution is 0.122. The van der Waals surface area contributed by atoms with Crippen LogP contribution in [0.5, 0.6) is 0 Å². The summed E-state index contributed by atoms with van der Waals surface area (Å²) in [6.07, 6.45) is 4.24. The predicted octanol–water partition coefficient (Wildman–Crippen LogP) is 3.23. The van der Waals surface area contributed by atoms with Gasteiger partial charge >= 0.3 is 0 Å². The maximum atomic E-state index is 5.47. The Labute approximate surface area is 165 Å². The normalized spacial score (nSPS) is 18.5. The van der Waals surface area contributed by atoms with Gasteiger partial charge in [-0.3, -0.25) is 0 Å². The lowest BCUT2D eigenvalue weighted by Crippen LogP contribution is -2.36. The van der Waals surface area contributed by atoms with Crippen molar-refractivity contribution in [1.29, 1.82) is 0 Å². The number of anilines is 2. The summed E-state index contributed by atoms with van der Waals surface area (Å²) in [7, 11) is 0. The molecule has 0 spiro atoms. The lowest BCUT2D eigenvalue weighted by Gasteiger charge is -2.29. The molecule has 2 aliphatic rings. The number of fused-ring (bicyclic) bond motifs is 1. The monoisotopic (exact) mass is 377 g/mol. The van der Waals surface area contributed by atoms with Gasteiger partial charge in [0.1, 0.15) is 11.5 Å². The van der Waals surface area contributed by atoms with Crippen LogP contribution >= 0.6 is 0 Å². The molecule has 0 unspecified atom stereocenters. The highest BCUT2D eigenvalue weighted by Gasteiger charge is 2.16. The first kappa shape index (κ1) is 17.5. The molecule has 3 N–H and O–H groups in total. The van der Waals surface area contributed by atoms with Crippen LogP contribution in [-0.4, -0.2) is 55.4 Å². The van der Waals surface area contributed by atoms with Crippen molar-refractivity contribution in [3.63, 3.8) is 0 Å². The van der Waals surface area contributed by atoms with E-state index in [2.05, 4.69) is 56.9 Å². The molecule has 2 saturated heterocycles. The molecule has 1 aromatic carbocycles. The van der Waals surface area contributed by atoms with Gasteiger partial charge in [-0.1, -0.05) is 12.1 Å². The molecule has 0 saturated carbocycles. The van der Waals surface area contributed by atoms with Gasteiger partial charge in [0.15, 0.2) is 0 Å². The summed E-state index contributed by atoms with van der Waals surface area (Å²) in [5.74, 6) is 0.953. The molecule has 3 aromatic rings. The van der Waals surface area contributed by atoms with Crippen molar-refractivity contribution in [2.45, 2.75) is 18.9 Å². The third kappa shape index (κ3) is 3.57. The van der Waals surface area contributed by atoms with Crippen molar-refractivity contribution in [2.75, 3.05) is 49.6 Å². The summed E-state index contributed by atoms with van der Waals surface area (Å²) in [6, 6.07) is 13.7. The highest BCUT2D eigenvalue weighted by atomic mass is 16.5. The van der Waals surface area contributed by atoms with Gasteiger partial charge in [0, 0.05) is 36.4 Å². The van der Waals surface area contributed by atoms with Crippen LogP contribution in [0.3, 0.4) is 0 Å². The number of pyridine rings is 1. The Bertz CT molecular complexity index is 924. The molecule has 0 aliphatic carbocycles. The fourth-order valence-corrected chi connectivity index (χ4v) is 4.20. The Hall–Kier alpha value is -2.57. The van der Waals surface area contributed by atoms with Crippen molar-refractivity contribution in [3.05, 3.63) is 42.6 Å². The molecule has 2 aliphatic heterocycles. The largest absolute Gasteiger partial charge is 0.378 e. The lowest BCUT2D eigenvalue weighted by atomic mass is 10.0. The number of aromatic amines is 1. The van der Waals surface area contributed by atoms with Crippen molar-refractivity contribution >= 4 is 22.5 Å². The number of ether oxygens (including phenoxy) is 1. The van der Waals surface area contributed by atoms with Crippen LogP contribution in [0.4, 0.5) is 11.5 Å². The number of piperidine rings is 1. The van der Waals surface area contributed by atoms with Gasteiger partial charge in [0.05, 0.1) is 13.2 Å². The van der Waals surface area contributed by atoms with Gasteiger partial charge in [0.25, 0.3) is 0 Å². The van der Waals surface area contributed by atoms with Gasteiger partial charge in [-0.05, 0) is 61.3 Å². The van der Waals surface area contributed by atoms with Gasteiger partial charge in [0.2, 0.25) is 0 Å². The fraction of sp³-hybridized carbons (Fsp3) is 0.409. The maximum absolute atomic E-state index is 5.47. The minimum Gasteiger partial charge on any atom is -0.378 e. The van der Waals surface area contributed by atoms with Crippen LogP contribution in [0.15, 0.2) is 42.6 Å². The van der Waals surface area contributed by atoms with E-state index in [9.17, 15) is 0 Å². The van der Waals surface area contributed by atoms with E-state index >= 15 is 0 Å². The molecule has 2 fully saturated rings. The number of nitrogens with zero attached hydrogens (tertiary/aromatic N) is 2. The third-order valence-corrected chi connectivity index (χ3v) is 5.77. The highest BCUT2D eigenvalue weighted by molar-refractivity contribution is 5.95. The molecule has 28 heavy (non-hydrogen) atoms. The summed E-state index contributed by atoms with van der Waals surface area (Å²) >= 11 is 0. The number of nitrogens with one attached hydrogen (secondary N) is 3. The average molecular weight is 377 g/mol.